The summed E-state index contributed by atoms with van der Waals surface area (Å²) < 4.78 is 5.24. The van der Waals surface area contributed by atoms with Gasteiger partial charge >= 0.3 is 5.97 Å². The predicted octanol–water partition coefficient (Wildman–Crippen LogP) is 2.04. The molecule has 1 unspecified atom stereocenters. The number of ether oxygens (including phenoxy) is 1. The van der Waals surface area contributed by atoms with Crippen LogP contribution in [0.5, 0.6) is 5.75 Å². The first kappa shape index (κ1) is 10.4. The molecule has 0 amide bonds. The van der Waals surface area contributed by atoms with Crippen LogP contribution in [0, 0.1) is 5.92 Å². The summed E-state index contributed by atoms with van der Waals surface area (Å²) >= 11 is 1.57. The second kappa shape index (κ2) is 4.14. The first-order valence-corrected chi connectivity index (χ1v) is 5.72. The lowest BCUT2D eigenvalue weighted by molar-refractivity contribution is -0.140. The molecule has 2 rings (SSSR count). The lowest BCUT2D eigenvalue weighted by Crippen LogP contribution is -2.22. The maximum Gasteiger partial charge on any atom is 0.307 e. The first-order chi connectivity index (χ1) is 7.22. The quantitative estimate of drug-likeness (QED) is 0.835. The standard InChI is InChI=1S/C11H12O3S/c1-14-9-4-2-3-7-5-8(11(12)13)6-15-10(7)9/h2-4,8H,5-6H2,1H3,(H,12,13). The third-order valence-electron chi connectivity index (χ3n) is 2.52. The number of methoxy groups -OCH3 is 1. The lowest BCUT2D eigenvalue weighted by Gasteiger charge is -2.22. The summed E-state index contributed by atoms with van der Waals surface area (Å²) in [4.78, 5) is 12.0. The van der Waals surface area contributed by atoms with E-state index in [1.54, 1.807) is 18.9 Å². The summed E-state index contributed by atoms with van der Waals surface area (Å²) in [7, 11) is 1.64. The van der Waals surface area contributed by atoms with E-state index in [2.05, 4.69) is 0 Å². The van der Waals surface area contributed by atoms with Gasteiger partial charge in [0.05, 0.1) is 17.9 Å². The molecular formula is C11H12O3S. The highest BCUT2D eigenvalue weighted by Gasteiger charge is 2.26. The minimum Gasteiger partial charge on any atom is -0.496 e. The Labute approximate surface area is 92.4 Å². The highest BCUT2D eigenvalue weighted by molar-refractivity contribution is 7.99. The van der Waals surface area contributed by atoms with Gasteiger partial charge in [0.15, 0.2) is 0 Å². The molecule has 0 spiro atoms. The fraction of sp³-hybridized carbons (Fsp3) is 0.364. The molecule has 1 heterocycles. The van der Waals surface area contributed by atoms with Crippen LogP contribution < -0.4 is 4.74 Å². The zero-order valence-corrected chi connectivity index (χ0v) is 9.21. The second-order valence-corrected chi connectivity index (χ2v) is 4.53. The van der Waals surface area contributed by atoms with Gasteiger partial charge < -0.3 is 9.84 Å². The van der Waals surface area contributed by atoms with Crippen LogP contribution in [0.2, 0.25) is 0 Å². The molecule has 1 aromatic rings. The van der Waals surface area contributed by atoms with Crippen LogP contribution in [-0.4, -0.2) is 23.9 Å². The van der Waals surface area contributed by atoms with Gasteiger partial charge in [-0.3, -0.25) is 4.79 Å². The molecule has 0 fully saturated rings. The van der Waals surface area contributed by atoms with Gasteiger partial charge in [-0.05, 0) is 18.1 Å². The number of carbonyl (C=O) groups is 1. The van der Waals surface area contributed by atoms with Gasteiger partial charge in [0.25, 0.3) is 0 Å². The van der Waals surface area contributed by atoms with Crippen LogP contribution in [0.3, 0.4) is 0 Å². The Bertz CT molecular complexity index is 389. The molecule has 0 bridgehead atoms. The van der Waals surface area contributed by atoms with Gasteiger partial charge in [-0.2, -0.15) is 0 Å². The Balaban J connectivity index is 2.31. The normalized spacial score (nSPS) is 19.4. The minimum absolute atomic E-state index is 0.269. The lowest BCUT2D eigenvalue weighted by atomic mass is 10.0. The SMILES string of the molecule is COc1cccc2c1SCC(C(=O)O)C2. The van der Waals surface area contributed by atoms with Gasteiger partial charge in [-0.1, -0.05) is 12.1 Å². The van der Waals surface area contributed by atoms with Gasteiger partial charge in [0.1, 0.15) is 5.75 Å². The third kappa shape index (κ3) is 1.95. The molecule has 4 heteroatoms. The van der Waals surface area contributed by atoms with Gasteiger partial charge in [-0.15, -0.1) is 11.8 Å². The average molecular weight is 224 g/mol. The highest BCUT2D eigenvalue weighted by Crippen LogP contribution is 2.39. The van der Waals surface area contributed by atoms with E-state index in [4.69, 9.17) is 9.84 Å². The van der Waals surface area contributed by atoms with Crippen LogP contribution >= 0.6 is 11.8 Å². The molecule has 0 radical (unpaired) electrons. The van der Waals surface area contributed by atoms with Crippen molar-refractivity contribution < 1.29 is 14.6 Å². The number of fused-ring (bicyclic) bond motifs is 1. The molecule has 0 saturated heterocycles. The summed E-state index contributed by atoms with van der Waals surface area (Å²) in [6.45, 7) is 0. The second-order valence-electron chi connectivity index (χ2n) is 3.50. The Kier molecular flexibility index (Phi) is 2.86. The molecule has 1 aromatic carbocycles. The number of carboxylic acid groups (broad SMARTS) is 1. The van der Waals surface area contributed by atoms with Crippen molar-refractivity contribution in [3.05, 3.63) is 23.8 Å². The van der Waals surface area contributed by atoms with Crippen molar-refractivity contribution in [2.24, 2.45) is 5.92 Å². The smallest absolute Gasteiger partial charge is 0.307 e. The molecule has 1 aliphatic rings. The van der Waals surface area contributed by atoms with Crippen molar-refractivity contribution in [2.45, 2.75) is 11.3 Å². The maximum atomic E-state index is 10.9. The number of carboxylic acids is 1. The van der Waals surface area contributed by atoms with E-state index in [1.165, 1.54) is 0 Å². The van der Waals surface area contributed by atoms with E-state index in [9.17, 15) is 4.79 Å². The Morgan fingerprint density at radius 2 is 2.40 bits per heavy atom. The molecule has 1 N–H and O–H groups in total. The highest BCUT2D eigenvalue weighted by atomic mass is 32.2. The molecule has 0 aromatic heterocycles. The number of benzene rings is 1. The van der Waals surface area contributed by atoms with Gasteiger partial charge in [0.2, 0.25) is 0 Å². The van der Waals surface area contributed by atoms with Gasteiger partial charge in [-0.25, -0.2) is 0 Å². The summed E-state index contributed by atoms with van der Waals surface area (Å²) in [6, 6.07) is 5.79. The summed E-state index contributed by atoms with van der Waals surface area (Å²) in [5, 5.41) is 8.95. The van der Waals surface area contributed by atoms with Crippen molar-refractivity contribution in [1.29, 1.82) is 0 Å². The van der Waals surface area contributed by atoms with Crippen LogP contribution in [0.15, 0.2) is 23.1 Å². The Morgan fingerprint density at radius 3 is 3.07 bits per heavy atom. The van der Waals surface area contributed by atoms with E-state index in [0.29, 0.717) is 12.2 Å². The van der Waals surface area contributed by atoms with Crippen molar-refractivity contribution in [3.8, 4) is 5.75 Å². The third-order valence-corrected chi connectivity index (χ3v) is 3.85. The van der Waals surface area contributed by atoms with Crippen molar-refractivity contribution in [2.75, 3.05) is 12.9 Å². The van der Waals surface area contributed by atoms with E-state index >= 15 is 0 Å². The molecule has 0 aliphatic carbocycles. The zero-order valence-electron chi connectivity index (χ0n) is 8.40. The molecular weight excluding hydrogens is 212 g/mol. The number of thioether (sulfide) groups is 1. The molecule has 1 aliphatic heterocycles. The fourth-order valence-electron chi connectivity index (χ4n) is 1.71. The van der Waals surface area contributed by atoms with Gasteiger partial charge in [0, 0.05) is 5.75 Å². The van der Waals surface area contributed by atoms with Crippen LogP contribution in [0.1, 0.15) is 5.56 Å². The number of rotatable bonds is 2. The molecule has 3 nitrogen and oxygen atoms in total. The van der Waals surface area contributed by atoms with Crippen LogP contribution in [0.25, 0.3) is 0 Å². The topological polar surface area (TPSA) is 46.5 Å². The zero-order chi connectivity index (χ0) is 10.8. The first-order valence-electron chi connectivity index (χ1n) is 4.74. The van der Waals surface area contributed by atoms with E-state index in [0.717, 1.165) is 16.2 Å². The molecule has 0 saturated carbocycles. The summed E-state index contributed by atoms with van der Waals surface area (Å²) in [5.41, 5.74) is 1.08. The Morgan fingerprint density at radius 1 is 1.60 bits per heavy atom. The molecule has 1 atom stereocenters. The van der Waals surface area contributed by atoms with Crippen molar-refractivity contribution in [1.82, 2.24) is 0 Å². The average Bonchev–Trinajstić information content (AvgIpc) is 2.27. The number of aliphatic carboxylic acids is 1. The van der Waals surface area contributed by atoms with E-state index in [-0.39, 0.29) is 5.92 Å². The van der Waals surface area contributed by atoms with Crippen LogP contribution in [0.4, 0.5) is 0 Å². The molecule has 15 heavy (non-hydrogen) atoms. The van der Waals surface area contributed by atoms with E-state index < -0.39 is 5.97 Å². The summed E-state index contributed by atoms with van der Waals surface area (Å²) in [6.07, 6.45) is 0.606. The number of hydrogen-bond donors (Lipinski definition) is 1. The fourth-order valence-corrected chi connectivity index (χ4v) is 2.97. The Hall–Kier alpha value is -1.16. The van der Waals surface area contributed by atoms with Crippen LogP contribution in [-0.2, 0) is 11.2 Å². The maximum absolute atomic E-state index is 10.9. The number of hydrogen-bond acceptors (Lipinski definition) is 3. The minimum atomic E-state index is -0.712. The predicted molar refractivity (Wildman–Crippen MR) is 58.5 cm³/mol. The van der Waals surface area contributed by atoms with Crippen molar-refractivity contribution in [3.63, 3.8) is 0 Å². The molecule has 80 valence electrons. The van der Waals surface area contributed by atoms with E-state index in [1.807, 2.05) is 18.2 Å². The van der Waals surface area contributed by atoms with Crippen molar-refractivity contribution >= 4 is 17.7 Å². The summed E-state index contributed by atoms with van der Waals surface area (Å²) in [5.74, 6) is 0.495. The monoisotopic (exact) mass is 224 g/mol. The largest absolute Gasteiger partial charge is 0.496 e.